The van der Waals surface area contributed by atoms with Gasteiger partial charge in [0, 0.05) is 24.1 Å². The van der Waals surface area contributed by atoms with Crippen LogP contribution in [0.1, 0.15) is 25.0 Å². The summed E-state index contributed by atoms with van der Waals surface area (Å²) in [5.74, 6) is 0.499. The van der Waals surface area contributed by atoms with E-state index < -0.39 is 0 Å². The second kappa shape index (κ2) is 6.70. The minimum absolute atomic E-state index is 0.221. The zero-order valence-electron chi connectivity index (χ0n) is 11.7. The van der Waals surface area contributed by atoms with E-state index in [4.69, 9.17) is 5.41 Å². The van der Waals surface area contributed by atoms with Crippen LogP contribution in [0.15, 0.2) is 35.6 Å². The number of hydrogen-bond acceptors (Lipinski definition) is 3. The lowest BCUT2D eigenvalue weighted by Crippen LogP contribution is -2.18. The summed E-state index contributed by atoms with van der Waals surface area (Å²) in [4.78, 5) is 4.37. The smallest absolute Gasteiger partial charge is 0.170 e. The second-order valence-electron chi connectivity index (χ2n) is 4.45. The highest BCUT2D eigenvalue weighted by Crippen LogP contribution is 2.20. The van der Waals surface area contributed by atoms with E-state index in [-0.39, 0.29) is 5.82 Å². The van der Waals surface area contributed by atoms with E-state index in [9.17, 15) is 4.39 Å². The van der Waals surface area contributed by atoms with Gasteiger partial charge in [0.2, 0.25) is 0 Å². The standard InChI is InChI=1S/C15H18FN3S/c1-3-12-9-19(4-2)15(18-14(12)17)20-10-11-5-7-13(16)8-6-11/h5-9,17H,3-4,10H2,1-2H3. The molecule has 0 aliphatic carbocycles. The molecule has 0 aliphatic heterocycles. The number of thioether (sulfide) groups is 1. The zero-order chi connectivity index (χ0) is 14.5. The predicted octanol–water partition coefficient (Wildman–Crippen LogP) is 3.38. The number of hydrogen-bond donors (Lipinski definition) is 1. The Balaban J connectivity index is 2.18. The Kier molecular flexibility index (Phi) is 4.95. The quantitative estimate of drug-likeness (QED) is 0.678. The van der Waals surface area contributed by atoms with Crippen molar-refractivity contribution in [1.29, 1.82) is 5.41 Å². The molecule has 0 spiro atoms. The van der Waals surface area contributed by atoms with Gasteiger partial charge in [-0.1, -0.05) is 30.8 Å². The highest BCUT2D eigenvalue weighted by molar-refractivity contribution is 7.98. The first-order valence-corrected chi connectivity index (χ1v) is 7.64. The van der Waals surface area contributed by atoms with Gasteiger partial charge in [0.1, 0.15) is 5.82 Å². The Labute approximate surface area is 122 Å². The van der Waals surface area contributed by atoms with Gasteiger partial charge in [-0.2, -0.15) is 0 Å². The monoisotopic (exact) mass is 291 g/mol. The van der Waals surface area contributed by atoms with E-state index in [1.165, 1.54) is 12.1 Å². The van der Waals surface area contributed by atoms with Gasteiger partial charge in [-0.05, 0) is 31.0 Å². The van der Waals surface area contributed by atoms with Gasteiger partial charge in [0.25, 0.3) is 0 Å². The first kappa shape index (κ1) is 14.8. The van der Waals surface area contributed by atoms with E-state index in [2.05, 4.69) is 16.5 Å². The highest BCUT2D eigenvalue weighted by atomic mass is 32.2. The van der Waals surface area contributed by atoms with Crippen molar-refractivity contribution < 1.29 is 4.39 Å². The summed E-state index contributed by atoms with van der Waals surface area (Å²) < 4.78 is 14.9. The topological polar surface area (TPSA) is 41.7 Å². The van der Waals surface area contributed by atoms with Crippen LogP contribution in [0.5, 0.6) is 0 Å². The SMILES string of the molecule is CCc1cn(CC)c(SCc2ccc(F)cc2)nc1=N. The molecule has 1 N–H and O–H groups in total. The van der Waals surface area contributed by atoms with Gasteiger partial charge < -0.3 is 4.57 Å². The van der Waals surface area contributed by atoms with Crippen molar-refractivity contribution in [3.05, 3.63) is 52.9 Å². The number of benzene rings is 1. The second-order valence-corrected chi connectivity index (χ2v) is 5.39. The fourth-order valence-electron chi connectivity index (χ4n) is 1.87. The summed E-state index contributed by atoms with van der Waals surface area (Å²) in [5, 5.41) is 8.74. The van der Waals surface area contributed by atoms with Crippen molar-refractivity contribution in [2.75, 3.05) is 0 Å². The minimum Gasteiger partial charge on any atom is -0.327 e. The third kappa shape index (κ3) is 3.48. The van der Waals surface area contributed by atoms with Crippen LogP contribution < -0.4 is 5.49 Å². The molecular formula is C15H18FN3S. The molecule has 3 nitrogen and oxygen atoms in total. The van der Waals surface area contributed by atoms with E-state index >= 15 is 0 Å². The third-order valence-electron chi connectivity index (χ3n) is 3.07. The van der Waals surface area contributed by atoms with Crippen LogP contribution in [-0.2, 0) is 18.7 Å². The maximum atomic E-state index is 12.9. The van der Waals surface area contributed by atoms with E-state index in [0.29, 0.717) is 5.49 Å². The molecule has 106 valence electrons. The van der Waals surface area contributed by atoms with Crippen LogP contribution in [0.2, 0.25) is 0 Å². The molecule has 0 bridgehead atoms. The maximum absolute atomic E-state index is 12.9. The maximum Gasteiger partial charge on any atom is 0.170 e. The molecule has 1 aromatic carbocycles. The number of halogens is 1. The van der Waals surface area contributed by atoms with Crippen LogP contribution in [0.25, 0.3) is 0 Å². The van der Waals surface area contributed by atoms with Gasteiger partial charge in [0.05, 0.1) is 0 Å². The lowest BCUT2D eigenvalue weighted by atomic mass is 10.2. The van der Waals surface area contributed by atoms with E-state index in [1.807, 2.05) is 13.1 Å². The Morgan fingerprint density at radius 3 is 2.55 bits per heavy atom. The molecule has 0 aliphatic rings. The number of rotatable bonds is 5. The van der Waals surface area contributed by atoms with Gasteiger partial charge in [-0.3, -0.25) is 5.41 Å². The summed E-state index contributed by atoms with van der Waals surface area (Å²) >= 11 is 1.57. The Morgan fingerprint density at radius 2 is 1.95 bits per heavy atom. The lowest BCUT2D eigenvalue weighted by Gasteiger charge is -2.12. The molecule has 2 rings (SSSR count). The van der Waals surface area contributed by atoms with Gasteiger partial charge >= 0.3 is 0 Å². The molecule has 1 aromatic heterocycles. The molecule has 0 saturated heterocycles. The molecule has 0 unspecified atom stereocenters. The van der Waals surface area contributed by atoms with Crippen molar-refractivity contribution >= 4 is 11.8 Å². The van der Waals surface area contributed by atoms with Crippen LogP contribution >= 0.6 is 11.8 Å². The molecular weight excluding hydrogens is 273 g/mol. The molecule has 2 aromatic rings. The molecule has 20 heavy (non-hydrogen) atoms. The first-order chi connectivity index (χ1) is 9.63. The number of nitrogens with one attached hydrogen (secondary N) is 1. The molecule has 0 atom stereocenters. The molecule has 1 heterocycles. The first-order valence-electron chi connectivity index (χ1n) is 6.66. The average molecular weight is 291 g/mol. The lowest BCUT2D eigenvalue weighted by molar-refractivity contribution is 0.624. The summed E-state index contributed by atoms with van der Waals surface area (Å²) in [7, 11) is 0. The van der Waals surface area contributed by atoms with Gasteiger partial charge in [0.15, 0.2) is 10.6 Å². The van der Waals surface area contributed by atoms with E-state index in [0.717, 1.165) is 35.0 Å². The van der Waals surface area contributed by atoms with Crippen LogP contribution in [0.4, 0.5) is 4.39 Å². The zero-order valence-corrected chi connectivity index (χ0v) is 12.5. The molecule has 0 saturated carbocycles. The van der Waals surface area contributed by atoms with Crippen LogP contribution in [-0.4, -0.2) is 9.55 Å². The normalized spacial score (nSPS) is 10.8. The summed E-state index contributed by atoms with van der Waals surface area (Å²) in [5.41, 5.74) is 2.35. The summed E-state index contributed by atoms with van der Waals surface area (Å²) in [6.45, 7) is 4.92. The molecule has 0 radical (unpaired) electrons. The van der Waals surface area contributed by atoms with Crippen molar-refractivity contribution in [2.24, 2.45) is 0 Å². The van der Waals surface area contributed by atoms with E-state index in [1.54, 1.807) is 23.9 Å². The Bertz CT molecular complexity index is 635. The summed E-state index contributed by atoms with van der Waals surface area (Å²) in [6.07, 6.45) is 2.82. The van der Waals surface area contributed by atoms with Crippen molar-refractivity contribution in [2.45, 2.75) is 37.7 Å². The number of nitrogens with zero attached hydrogens (tertiary/aromatic N) is 2. The van der Waals surface area contributed by atoms with Gasteiger partial charge in [-0.15, -0.1) is 0 Å². The molecule has 5 heteroatoms. The number of aromatic nitrogens is 2. The predicted molar refractivity (Wildman–Crippen MR) is 79.1 cm³/mol. The van der Waals surface area contributed by atoms with Crippen molar-refractivity contribution in [3.8, 4) is 0 Å². The Hall–Kier alpha value is -1.62. The molecule has 0 amide bonds. The van der Waals surface area contributed by atoms with Gasteiger partial charge in [-0.25, -0.2) is 9.37 Å². The number of aryl methyl sites for hydroxylation is 2. The Morgan fingerprint density at radius 1 is 1.25 bits per heavy atom. The van der Waals surface area contributed by atoms with Crippen LogP contribution in [0, 0.1) is 11.2 Å². The highest BCUT2D eigenvalue weighted by Gasteiger charge is 2.06. The molecule has 0 fully saturated rings. The van der Waals surface area contributed by atoms with Crippen molar-refractivity contribution in [1.82, 2.24) is 9.55 Å². The average Bonchev–Trinajstić information content (AvgIpc) is 2.46. The largest absolute Gasteiger partial charge is 0.327 e. The van der Waals surface area contributed by atoms with Crippen LogP contribution in [0.3, 0.4) is 0 Å². The summed E-state index contributed by atoms with van der Waals surface area (Å²) in [6, 6.07) is 6.49. The fourth-order valence-corrected chi connectivity index (χ4v) is 2.86. The fraction of sp³-hybridized carbons (Fsp3) is 0.333. The third-order valence-corrected chi connectivity index (χ3v) is 4.13. The minimum atomic E-state index is -0.221. The van der Waals surface area contributed by atoms with Crippen molar-refractivity contribution in [3.63, 3.8) is 0 Å².